The zero-order valence-corrected chi connectivity index (χ0v) is 17.5. The fraction of sp³-hybridized carbons (Fsp3) is 0.500. The third-order valence-corrected chi connectivity index (χ3v) is 6.83. The molecule has 1 unspecified atom stereocenters. The van der Waals surface area contributed by atoms with E-state index in [1.165, 1.54) is 7.11 Å². The Kier molecular flexibility index (Phi) is 4.47. The number of likely N-dealkylation sites (tertiary alicyclic amines) is 1. The van der Waals surface area contributed by atoms with Gasteiger partial charge in [-0.2, -0.15) is 4.98 Å². The van der Waals surface area contributed by atoms with Crippen LogP contribution in [0.15, 0.2) is 18.6 Å². The topological polar surface area (TPSA) is 138 Å². The summed E-state index contributed by atoms with van der Waals surface area (Å²) >= 11 is 1.09. The van der Waals surface area contributed by atoms with Crippen molar-refractivity contribution in [2.75, 3.05) is 37.5 Å². The largest absolute Gasteiger partial charge is 0.466 e. The molecule has 0 aromatic carbocycles. The maximum Gasteiger partial charge on any atom is 0.329 e. The number of rotatable bonds is 4. The zero-order chi connectivity index (χ0) is 20.9. The van der Waals surface area contributed by atoms with Gasteiger partial charge in [-0.15, -0.1) is 4.37 Å². The molecule has 3 atom stereocenters. The highest BCUT2D eigenvalue weighted by atomic mass is 32.1. The lowest BCUT2D eigenvalue weighted by molar-refractivity contribution is 0.217. The van der Waals surface area contributed by atoms with Gasteiger partial charge in [-0.05, 0) is 24.8 Å². The number of H-pyrrole nitrogens is 1. The Morgan fingerprint density at radius 1 is 1.50 bits per heavy atom. The number of carbonyl (C=O) groups is 1. The number of anilines is 2. The monoisotopic (exact) mass is 429 g/mol. The second-order valence-corrected chi connectivity index (χ2v) is 8.72. The molecule has 30 heavy (non-hydrogen) atoms. The first-order valence-corrected chi connectivity index (χ1v) is 10.5. The van der Waals surface area contributed by atoms with Crippen LogP contribution in [0.5, 0.6) is 6.01 Å². The van der Waals surface area contributed by atoms with Crippen LogP contribution in [0.2, 0.25) is 0 Å². The molecule has 12 heteroatoms. The Morgan fingerprint density at radius 2 is 2.37 bits per heavy atom. The molecule has 1 aliphatic heterocycles. The van der Waals surface area contributed by atoms with Gasteiger partial charge in [-0.1, -0.05) is 0 Å². The normalized spacial score (nSPS) is 25.5. The van der Waals surface area contributed by atoms with Gasteiger partial charge in [0.25, 0.3) is 0 Å². The number of methoxy groups -OCH3 is 1. The van der Waals surface area contributed by atoms with Crippen LogP contribution in [0.4, 0.5) is 15.7 Å². The number of nitrogens with two attached hydrogens (primary N) is 1. The number of nitrogens with zero attached hydrogens (tertiary/aromatic N) is 6. The Hall–Kier alpha value is -2.99. The third kappa shape index (κ3) is 3.12. The smallest absolute Gasteiger partial charge is 0.329 e. The van der Waals surface area contributed by atoms with Crippen LogP contribution in [-0.2, 0) is 0 Å². The maximum atomic E-state index is 12.7. The van der Waals surface area contributed by atoms with Gasteiger partial charge in [-0.25, -0.2) is 14.8 Å². The molecular formula is C18H23N9O2S. The summed E-state index contributed by atoms with van der Waals surface area (Å²) in [5.74, 6) is 1.12. The van der Waals surface area contributed by atoms with Gasteiger partial charge in [0.05, 0.1) is 12.5 Å². The number of aromatic amines is 1. The van der Waals surface area contributed by atoms with Crippen LogP contribution in [0.3, 0.4) is 0 Å². The summed E-state index contributed by atoms with van der Waals surface area (Å²) in [7, 11) is 3.54. The number of carbonyl (C=O) groups excluding carboxylic acids is 1. The van der Waals surface area contributed by atoms with Crippen LogP contribution < -0.4 is 20.7 Å². The lowest BCUT2D eigenvalue weighted by atomic mass is 9.92. The molecule has 0 radical (unpaired) electrons. The van der Waals surface area contributed by atoms with E-state index in [1.54, 1.807) is 11.2 Å². The molecule has 1 saturated heterocycles. The van der Waals surface area contributed by atoms with E-state index in [4.69, 9.17) is 10.5 Å². The molecule has 2 fully saturated rings. The molecule has 158 valence electrons. The van der Waals surface area contributed by atoms with Crippen molar-refractivity contribution < 1.29 is 9.53 Å². The van der Waals surface area contributed by atoms with E-state index in [2.05, 4.69) is 41.6 Å². The molecule has 1 saturated carbocycles. The fourth-order valence-electron chi connectivity index (χ4n) is 4.66. The Balaban J connectivity index is 1.26. The SMILES string of the molecule is COc1nsc(NC(=O)N2CC3C[C@@H](N(C)c4ncnc5[nH]ccc45)C[C@]3(N)C2)n1. The van der Waals surface area contributed by atoms with Gasteiger partial charge in [0.1, 0.15) is 17.8 Å². The van der Waals surface area contributed by atoms with Crippen molar-refractivity contribution in [1.29, 1.82) is 0 Å². The summed E-state index contributed by atoms with van der Waals surface area (Å²) in [6, 6.07) is 2.29. The quantitative estimate of drug-likeness (QED) is 0.564. The summed E-state index contributed by atoms with van der Waals surface area (Å²) in [5.41, 5.74) is 7.18. The van der Waals surface area contributed by atoms with Crippen molar-refractivity contribution in [2.45, 2.75) is 24.4 Å². The zero-order valence-electron chi connectivity index (χ0n) is 16.7. The molecule has 11 nitrogen and oxygen atoms in total. The molecule has 2 amide bonds. The number of aromatic nitrogens is 5. The van der Waals surface area contributed by atoms with E-state index in [0.717, 1.165) is 41.2 Å². The first kappa shape index (κ1) is 19.0. The summed E-state index contributed by atoms with van der Waals surface area (Å²) in [6.07, 6.45) is 5.14. The molecule has 0 bridgehead atoms. The van der Waals surface area contributed by atoms with Crippen molar-refractivity contribution in [3.63, 3.8) is 0 Å². The fourth-order valence-corrected chi connectivity index (χ4v) is 5.20. The highest BCUT2D eigenvalue weighted by Crippen LogP contribution is 2.43. The van der Waals surface area contributed by atoms with Gasteiger partial charge in [0.2, 0.25) is 5.13 Å². The third-order valence-electron chi connectivity index (χ3n) is 6.22. The molecule has 4 N–H and O–H groups in total. The van der Waals surface area contributed by atoms with Crippen LogP contribution >= 0.6 is 11.5 Å². The van der Waals surface area contributed by atoms with E-state index in [0.29, 0.717) is 18.2 Å². The second-order valence-electron chi connectivity index (χ2n) is 7.97. The van der Waals surface area contributed by atoms with Crippen LogP contribution in [0.1, 0.15) is 12.8 Å². The molecule has 1 aliphatic carbocycles. The maximum absolute atomic E-state index is 12.7. The first-order chi connectivity index (χ1) is 14.5. The first-order valence-electron chi connectivity index (χ1n) is 9.70. The van der Waals surface area contributed by atoms with E-state index in [-0.39, 0.29) is 24.0 Å². The van der Waals surface area contributed by atoms with E-state index in [9.17, 15) is 4.79 Å². The van der Waals surface area contributed by atoms with Crippen molar-refractivity contribution in [1.82, 2.24) is 29.2 Å². The van der Waals surface area contributed by atoms with Crippen molar-refractivity contribution >= 4 is 39.5 Å². The molecule has 2 aliphatic rings. The summed E-state index contributed by atoms with van der Waals surface area (Å²) in [5, 5.41) is 4.20. The highest BCUT2D eigenvalue weighted by molar-refractivity contribution is 7.10. The predicted octanol–water partition coefficient (Wildman–Crippen LogP) is 1.28. The minimum Gasteiger partial charge on any atom is -0.466 e. The summed E-state index contributed by atoms with van der Waals surface area (Å²) in [6.45, 7) is 1.12. The second kappa shape index (κ2) is 7.06. The average Bonchev–Trinajstić information content (AvgIpc) is 3.48. The number of fused-ring (bicyclic) bond motifs is 2. The summed E-state index contributed by atoms with van der Waals surface area (Å²) in [4.78, 5) is 32.6. The van der Waals surface area contributed by atoms with Gasteiger partial charge in [0, 0.05) is 49.4 Å². The summed E-state index contributed by atoms with van der Waals surface area (Å²) < 4.78 is 8.95. The van der Waals surface area contributed by atoms with Crippen LogP contribution in [0.25, 0.3) is 11.0 Å². The van der Waals surface area contributed by atoms with Crippen LogP contribution in [-0.4, -0.2) is 74.1 Å². The molecule has 0 spiro atoms. The lowest BCUT2D eigenvalue weighted by Gasteiger charge is -2.29. The van der Waals surface area contributed by atoms with Gasteiger partial charge >= 0.3 is 12.0 Å². The predicted molar refractivity (Wildman–Crippen MR) is 113 cm³/mol. The van der Waals surface area contributed by atoms with Crippen molar-refractivity contribution in [2.24, 2.45) is 11.7 Å². The molecule has 4 heterocycles. The molecule has 3 aromatic heterocycles. The van der Waals surface area contributed by atoms with E-state index in [1.807, 2.05) is 12.3 Å². The number of hydrogen-bond acceptors (Lipinski definition) is 9. The number of amides is 2. The molecular weight excluding hydrogens is 406 g/mol. The average molecular weight is 430 g/mol. The minimum absolute atomic E-state index is 0.206. The molecule has 5 rings (SSSR count). The lowest BCUT2D eigenvalue weighted by Crippen LogP contribution is -2.47. The van der Waals surface area contributed by atoms with Crippen LogP contribution in [0, 0.1) is 5.92 Å². The van der Waals surface area contributed by atoms with E-state index < -0.39 is 5.54 Å². The van der Waals surface area contributed by atoms with Gasteiger partial charge < -0.3 is 25.3 Å². The van der Waals surface area contributed by atoms with E-state index >= 15 is 0 Å². The highest BCUT2D eigenvalue weighted by Gasteiger charge is 2.52. The Labute approximate surface area is 176 Å². The van der Waals surface area contributed by atoms with Crippen molar-refractivity contribution in [3.8, 4) is 6.01 Å². The Morgan fingerprint density at radius 3 is 3.13 bits per heavy atom. The van der Waals surface area contributed by atoms with Gasteiger partial charge in [0.15, 0.2) is 0 Å². The number of ether oxygens (including phenoxy) is 1. The Bertz CT molecular complexity index is 1080. The molecule has 3 aromatic rings. The standard InChI is InChI=1S/C18H23N9O2S/c1-26(14-12-3-4-20-13(12)21-9-22-14)11-5-10-7-27(8-18(10,19)6-11)17(28)24-16-23-15(29-2)25-30-16/h3-4,9-11H,5-8,19H2,1-2H3,(H,20,21,22)(H,23,24,25,28)/t10?,11-,18+/m1/s1. The minimum atomic E-state index is -0.417. The number of urea groups is 1. The number of nitrogens with one attached hydrogen (secondary N) is 2. The van der Waals surface area contributed by atoms with Crippen molar-refractivity contribution in [3.05, 3.63) is 18.6 Å². The number of hydrogen-bond donors (Lipinski definition) is 3. The van der Waals surface area contributed by atoms with Gasteiger partial charge in [-0.3, -0.25) is 5.32 Å².